The molecule has 2 amide bonds. The van der Waals surface area contributed by atoms with Gasteiger partial charge in [-0.3, -0.25) is 9.59 Å². The summed E-state index contributed by atoms with van der Waals surface area (Å²) in [4.78, 5) is 28.8. The first-order chi connectivity index (χ1) is 13.8. The molecule has 1 aromatic heterocycles. The van der Waals surface area contributed by atoms with Crippen LogP contribution in [0.4, 0.5) is 14.6 Å². The first-order valence-corrected chi connectivity index (χ1v) is 10.4. The van der Waals surface area contributed by atoms with Crippen LogP contribution in [-0.4, -0.2) is 29.3 Å². The third-order valence-electron chi connectivity index (χ3n) is 5.82. The summed E-state index contributed by atoms with van der Waals surface area (Å²) in [5, 5.41) is 5.62. The van der Waals surface area contributed by atoms with Gasteiger partial charge >= 0.3 is 0 Å². The van der Waals surface area contributed by atoms with Crippen LogP contribution in [0.2, 0.25) is 0 Å². The van der Waals surface area contributed by atoms with Gasteiger partial charge < -0.3 is 10.6 Å². The predicted molar refractivity (Wildman–Crippen MR) is 115 cm³/mol. The number of hydrogen-bond donors (Lipinski definition) is 2. The maximum Gasteiger partial charge on any atom is 0.251 e. The Morgan fingerprint density at radius 3 is 2.60 bits per heavy atom. The second-order valence-electron chi connectivity index (χ2n) is 9.22. The van der Waals surface area contributed by atoms with Crippen LogP contribution >= 0.6 is 0 Å². The second kappa shape index (κ2) is 9.23. The minimum Gasteiger partial charge on any atom is -0.348 e. The maximum absolute atomic E-state index is 13.3. The summed E-state index contributed by atoms with van der Waals surface area (Å²) in [5.74, 6) is -2.76. The lowest BCUT2D eigenvalue weighted by atomic mass is 9.75. The number of halogens is 2. The zero-order valence-corrected chi connectivity index (χ0v) is 18.7. The SMILES string of the molecule is Cc1cc(C(=O)NCC2=CC(C)C(C)(CCC(C)(F)F)C2)cc(NC(=O)C(C)C)n1. The number of anilines is 1. The molecular weight excluding hydrogens is 388 g/mol. The molecule has 1 aliphatic carbocycles. The topological polar surface area (TPSA) is 71.1 Å². The second-order valence-corrected chi connectivity index (χ2v) is 9.22. The molecule has 2 rings (SSSR count). The number of nitrogens with zero attached hydrogens (tertiary/aromatic N) is 1. The van der Waals surface area contributed by atoms with Crippen molar-refractivity contribution in [1.82, 2.24) is 10.3 Å². The zero-order chi connectivity index (χ0) is 22.7. The molecule has 0 saturated carbocycles. The molecule has 2 unspecified atom stereocenters. The van der Waals surface area contributed by atoms with Gasteiger partial charge in [0.25, 0.3) is 5.91 Å². The minimum absolute atomic E-state index is 0.136. The smallest absolute Gasteiger partial charge is 0.251 e. The lowest BCUT2D eigenvalue weighted by molar-refractivity contribution is -0.118. The van der Waals surface area contributed by atoms with Crippen molar-refractivity contribution in [3.05, 3.63) is 35.0 Å². The van der Waals surface area contributed by atoms with Gasteiger partial charge in [-0.2, -0.15) is 0 Å². The number of carbonyl (C=O) groups is 2. The Hall–Kier alpha value is -2.31. The fourth-order valence-corrected chi connectivity index (χ4v) is 3.67. The molecule has 2 N–H and O–H groups in total. The molecular formula is C23H33F2N3O2. The summed E-state index contributed by atoms with van der Waals surface area (Å²) in [5.41, 5.74) is 1.88. The number of pyridine rings is 1. The summed E-state index contributed by atoms with van der Waals surface area (Å²) in [6.45, 7) is 10.7. The lowest BCUT2D eigenvalue weighted by Gasteiger charge is -2.31. The van der Waals surface area contributed by atoms with E-state index in [1.54, 1.807) is 32.9 Å². The van der Waals surface area contributed by atoms with Crippen LogP contribution < -0.4 is 10.6 Å². The number of aromatic nitrogens is 1. The van der Waals surface area contributed by atoms with Crippen molar-refractivity contribution < 1.29 is 18.4 Å². The Bertz CT molecular complexity index is 830. The van der Waals surface area contributed by atoms with Gasteiger partial charge in [0.05, 0.1) is 0 Å². The van der Waals surface area contributed by atoms with Gasteiger partial charge in [0.15, 0.2) is 0 Å². The van der Waals surface area contributed by atoms with Crippen LogP contribution in [0.25, 0.3) is 0 Å². The Morgan fingerprint density at radius 1 is 1.33 bits per heavy atom. The van der Waals surface area contributed by atoms with E-state index in [0.29, 0.717) is 36.5 Å². The third kappa shape index (κ3) is 6.61. The monoisotopic (exact) mass is 421 g/mol. The van der Waals surface area contributed by atoms with Gasteiger partial charge in [-0.25, -0.2) is 13.8 Å². The molecule has 0 bridgehead atoms. The number of aryl methyl sites for hydroxylation is 1. The number of carbonyl (C=O) groups excluding carboxylic acids is 2. The van der Waals surface area contributed by atoms with Crippen molar-refractivity contribution in [2.75, 3.05) is 11.9 Å². The van der Waals surface area contributed by atoms with Gasteiger partial charge in [-0.1, -0.05) is 39.3 Å². The van der Waals surface area contributed by atoms with Crippen molar-refractivity contribution in [3.63, 3.8) is 0 Å². The van der Waals surface area contributed by atoms with E-state index < -0.39 is 5.92 Å². The average molecular weight is 422 g/mol. The van der Waals surface area contributed by atoms with E-state index in [1.165, 1.54) is 0 Å². The summed E-state index contributed by atoms with van der Waals surface area (Å²) >= 11 is 0. The molecule has 1 aromatic rings. The standard InChI is InChI=1S/C23H33F2N3O2/c1-14(2)20(29)28-19-11-18(10-16(4)27-19)21(30)26-13-17-9-15(3)22(5,12-17)7-8-23(6,24)25/h9-11,14-15H,7-8,12-13H2,1-6H3,(H,26,30)(H,27,28,29). The highest BCUT2D eigenvalue weighted by Gasteiger charge is 2.38. The van der Waals surface area contributed by atoms with Gasteiger partial charge in [0.2, 0.25) is 11.8 Å². The van der Waals surface area contributed by atoms with Crippen LogP contribution in [0.5, 0.6) is 0 Å². The normalized spacial score (nSPS) is 21.5. The molecule has 1 heterocycles. The van der Waals surface area contributed by atoms with Gasteiger partial charge in [0.1, 0.15) is 5.82 Å². The van der Waals surface area contributed by atoms with Gasteiger partial charge in [-0.15, -0.1) is 0 Å². The summed E-state index contributed by atoms with van der Waals surface area (Å²) < 4.78 is 26.6. The van der Waals surface area contributed by atoms with E-state index in [2.05, 4.69) is 21.7 Å². The minimum atomic E-state index is -2.67. The van der Waals surface area contributed by atoms with Crippen molar-refractivity contribution in [3.8, 4) is 0 Å². The predicted octanol–water partition coefficient (Wildman–Crippen LogP) is 5.12. The van der Waals surface area contributed by atoms with Crippen molar-refractivity contribution in [2.24, 2.45) is 17.3 Å². The third-order valence-corrected chi connectivity index (χ3v) is 5.82. The van der Waals surface area contributed by atoms with Gasteiger partial charge in [-0.05, 0) is 50.2 Å². The largest absolute Gasteiger partial charge is 0.348 e. The van der Waals surface area contributed by atoms with Gasteiger partial charge in [0, 0.05) is 30.1 Å². The van der Waals surface area contributed by atoms with E-state index in [4.69, 9.17) is 0 Å². The number of nitrogens with one attached hydrogen (secondary N) is 2. The Balaban J connectivity index is 1.98. The molecule has 0 aromatic carbocycles. The van der Waals surface area contributed by atoms with E-state index in [1.807, 2.05) is 13.8 Å². The van der Waals surface area contributed by atoms with Crippen LogP contribution in [-0.2, 0) is 4.79 Å². The summed E-state index contributed by atoms with van der Waals surface area (Å²) in [7, 11) is 0. The molecule has 0 spiro atoms. The highest BCUT2D eigenvalue weighted by molar-refractivity contribution is 5.97. The summed E-state index contributed by atoms with van der Waals surface area (Å²) in [6, 6.07) is 3.22. The summed E-state index contributed by atoms with van der Waals surface area (Å²) in [6.07, 6.45) is 3.08. The van der Waals surface area contributed by atoms with Crippen molar-refractivity contribution >= 4 is 17.6 Å². The van der Waals surface area contributed by atoms with Crippen LogP contribution in [0, 0.1) is 24.2 Å². The molecule has 0 saturated heterocycles. The van der Waals surface area contributed by atoms with E-state index >= 15 is 0 Å². The Morgan fingerprint density at radius 2 is 2.00 bits per heavy atom. The van der Waals surface area contributed by atoms with Crippen LogP contribution in [0.3, 0.4) is 0 Å². The highest BCUT2D eigenvalue weighted by Crippen LogP contribution is 2.46. The molecule has 5 nitrogen and oxygen atoms in total. The maximum atomic E-state index is 13.3. The van der Waals surface area contributed by atoms with Crippen molar-refractivity contribution in [2.45, 2.75) is 66.7 Å². The van der Waals surface area contributed by atoms with E-state index in [-0.39, 0.29) is 35.5 Å². The molecule has 1 aliphatic rings. The average Bonchev–Trinajstić information content (AvgIpc) is 2.91. The van der Waals surface area contributed by atoms with E-state index in [9.17, 15) is 18.4 Å². The molecule has 0 aliphatic heterocycles. The quantitative estimate of drug-likeness (QED) is 0.572. The molecule has 166 valence electrons. The molecule has 7 heteroatoms. The molecule has 0 fully saturated rings. The number of allylic oxidation sites excluding steroid dienone is 1. The number of amides is 2. The Labute approximate surface area is 177 Å². The van der Waals surface area contributed by atoms with Crippen LogP contribution in [0.1, 0.15) is 69.9 Å². The lowest BCUT2D eigenvalue weighted by Crippen LogP contribution is -2.27. The number of hydrogen-bond acceptors (Lipinski definition) is 3. The molecule has 2 atom stereocenters. The first-order valence-electron chi connectivity index (χ1n) is 10.4. The Kier molecular flexibility index (Phi) is 7.37. The van der Waals surface area contributed by atoms with Crippen LogP contribution in [0.15, 0.2) is 23.8 Å². The fraction of sp³-hybridized carbons (Fsp3) is 0.609. The highest BCUT2D eigenvalue weighted by atomic mass is 19.3. The molecule has 30 heavy (non-hydrogen) atoms. The van der Waals surface area contributed by atoms with Crippen molar-refractivity contribution in [1.29, 1.82) is 0 Å². The zero-order valence-electron chi connectivity index (χ0n) is 18.7. The fourth-order valence-electron chi connectivity index (χ4n) is 3.67. The molecule has 0 radical (unpaired) electrons. The number of alkyl halides is 2. The van der Waals surface area contributed by atoms with E-state index in [0.717, 1.165) is 12.5 Å². The number of rotatable bonds is 8. The first kappa shape index (κ1) is 24.0.